The van der Waals surface area contributed by atoms with Crippen molar-refractivity contribution < 1.29 is 14.6 Å². The smallest absolute Gasteiger partial charge is 0.216 e. The van der Waals surface area contributed by atoms with E-state index in [0.717, 1.165) is 12.0 Å². The molecule has 17 heavy (non-hydrogen) atoms. The number of phenols is 1. The molecular formula is C13H17NO3. The first-order valence-electron chi connectivity index (χ1n) is 5.41. The molecule has 0 saturated carbocycles. The lowest BCUT2D eigenvalue weighted by Crippen LogP contribution is -2.20. The Balaban J connectivity index is 2.48. The molecule has 0 aromatic heterocycles. The number of carbonyl (C=O) groups excluding carboxylic acids is 1. The van der Waals surface area contributed by atoms with E-state index < -0.39 is 0 Å². The van der Waals surface area contributed by atoms with Gasteiger partial charge in [-0.05, 0) is 24.1 Å². The van der Waals surface area contributed by atoms with Crippen molar-refractivity contribution in [2.24, 2.45) is 0 Å². The van der Waals surface area contributed by atoms with E-state index in [9.17, 15) is 9.90 Å². The molecule has 0 atom stereocenters. The zero-order valence-electron chi connectivity index (χ0n) is 10.1. The summed E-state index contributed by atoms with van der Waals surface area (Å²) in [6.45, 7) is 2.11. The molecule has 1 aromatic carbocycles. The average molecular weight is 235 g/mol. The van der Waals surface area contributed by atoms with Gasteiger partial charge < -0.3 is 15.2 Å². The minimum atomic E-state index is -0.0273. The van der Waals surface area contributed by atoms with Gasteiger partial charge in [0.2, 0.25) is 5.91 Å². The van der Waals surface area contributed by atoms with Crippen molar-refractivity contribution in [2.45, 2.75) is 13.3 Å². The molecule has 0 aliphatic rings. The van der Waals surface area contributed by atoms with Gasteiger partial charge in [-0.15, -0.1) is 0 Å². The summed E-state index contributed by atoms with van der Waals surface area (Å²) in [5.41, 5.74) is 0.895. The van der Waals surface area contributed by atoms with Crippen LogP contribution in [0.5, 0.6) is 11.5 Å². The predicted octanol–water partition coefficient (Wildman–Crippen LogP) is 1.94. The maximum absolute atomic E-state index is 10.6. The normalized spacial score (nSPS) is 10.5. The molecule has 4 heteroatoms. The highest BCUT2D eigenvalue weighted by Gasteiger charge is 1.99. The van der Waals surface area contributed by atoms with Crippen LogP contribution >= 0.6 is 0 Å². The van der Waals surface area contributed by atoms with Crippen LogP contribution in [0.25, 0.3) is 6.08 Å². The lowest BCUT2D eigenvalue weighted by atomic mass is 10.2. The van der Waals surface area contributed by atoms with Crippen LogP contribution in [0, 0.1) is 0 Å². The Morgan fingerprint density at radius 3 is 2.88 bits per heavy atom. The number of hydrogen-bond donors (Lipinski definition) is 2. The van der Waals surface area contributed by atoms with Crippen LogP contribution in [0.1, 0.15) is 18.9 Å². The Morgan fingerprint density at radius 1 is 1.53 bits per heavy atom. The maximum Gasteiger partial charge on any atom is 0.216 e. The summed E-state index contributed by atoms with van der Waals surface area (Å²) in [5, 5.41) is 12.3. The molecule has 92 valence electrons. The second-order valence-electron chi connectivity index (χ2n) is 3.61. The highest BCUT2D eigenvalue weighted by atomic mass is 16.5. The molecule has 0 heterocycles. The number of methoxy groups -OCH3 is 1. The van der Waals surface area contributed by atoms with Crippen LogP contribution in [0.15, 0.2) is 24.3 Å². The van der Waals surface area contributed by atoms with E-state index in [1.807, 2.05) is 18.2 Å². The lowest BCUT2D eigenvalue weighted by molar-refractivity contribution is -0.118. The second kappa shape index (κ2) is 6.58. The topological polar surface area (TPSA) is 58.6 Å². The van der Waals surface area contributed by atoms with E-state index in [0.29, 0.717) is 12.3 Å². The molecule has 0 aliphatic heterocycles. The Morgan fingerprint density at radius 2 is 2.29 bits per heavy atom. The lowest BCUT2D eigenvalue weighted by Gasteiger charge is -2.03. The van der Waals surface area contributed by atoms with Crippen molar-refractivity contribution in [3.8, 4) is 11.5 Å². The Bertz CT molecular complexity index is 413. The number of hydrogen-bond acceptors (Lipinski definition) is 3. The average Bonchev–Trinajstić information content (AvgIpc) is 2.28. The summed E-state index contributed by atoms with van der Waals surface area (Å²) in [7, 11) is 1.51. The molecule has 4 nitrogen and oxygen atoms in total. The van der Waals surface area contributed by atoms with Crippen molar-refractivity contribution in [3.05, 3.63) is 29.8 Å². The van der Waals surface area contributed by atoms with Crippen LogP contribution < -0.4 is 10.1 Å². The Kier molecular flexibility index (Phi) is 5.07. The monoisotopic (exact) mass is 235 g/mol. The molecule has 0 bridgehead atoms. The third kappa shape index (κ3) is 4.59. The first-order chi connectivity index (χ1) is 8.13. The first-order valence-corrected chi connectivity index (χ1v) is 5.41. The molecule has 1 rings (SSSR count). The van der Waals surface area contributed by atoms with Gasteiger partial charge in [0.05, 0.1) is 7.11 Å². The van der Waals surface area contributed by atoms with Gasteiger partial charge in [-0.25, -0.2) is 0 Å². The molecule has 0 unspecified atom stereocenters. The van der Waals surface area contributed by atoms with Gasteiger partial charge in [-0.2, -0.15) is 0 Å². The van der Waals surface area contributed by atoms with Gasteiger partial charge in [0.25, 0.3) is 0 Å². The van der Waals surface area contributed by atoms with Gasteiger partial charge in [0.15, 0.2) is 11.5 Å². The van der Waals surface area contributed by atoms with E-state index in [1.54, 1.807) is 12.1 Å². The number of aromatic hydroxyl groups is 1. The van der Waals surface area contributed by atoms with Gasteiger partial charge in [-0.3, -0.25) is 4.79 Å². The van der Waals surface area contributed by atoms with E-state index in [1.165, 1.54) is 14.0 Å². The summed E-state index contributed by atoms with van der Waals surface area (Å²) in [6.07, 6.45) is 4.59. The number of ether oxygens (including phenoxy) is 1. The summed E-state index contributed by atoms with van der Waals surface area (Å²) in [4.78, 5) is 10.6. The van der Waals surface area contributed by atoms with E-state index in [-0.39, 0.29) is 11.7 Å². The zero-order chi connectivity index (χ0) is 12.7. The highest BCUT2D eigenvalue weighted by molar-refractivity contribution is 5.72. The third-order valence-electron chi connectivity index (χ3n) is 2.20. The van der Waals surface area contributed by atoms with Gasteiger partial charge in [0, 0.05) is 13.5 Å². The number of rotatable bonds is 5. The number of benzene rings is 1. The molecule has 0 saturated heterocycles. The summed E-state index contributed by atoms with van der Waals surface area (Å²) in [5.74, 6) is 0.553. The molecule has 1 aromatic rings. The van der Waals surface area contributed by atoms with Crippen LogP contribution in [0.4, 0.5) is 0 Å². The maximum atomic E-state index is 10.6. The van der Waals surface area contributed by atoms with E-state index >= 15 is 0 Å². The van der Waals surface area contributed by atoms with E-state index in [4.69, 9.17) is 4.74 Å². The SMILES string of the molecule is COc1ccc(C=CCCNC(C)=O)cc1O. The number of nitrogens with one attached hydrogen (secondary N) is 1. The van der Waals surface area contributed by atoms with Crippen LogP contribution in [-0.2, 0) is 4.79 Å². The van der Waals surface area contributed by atoms with Crippen LogP contribution in [0.3, 0.4) is 0 Å². The molecular weight excluding hydrogens is 218 g/mol. The summed E-state index contributed by atoms with van der Waals surface area (Å²) < 4.78 is 4.95. The van der Waals surface area contributed by atoms with Gasteiger partial charge >= 0.3 is 0 Å². The summed E-state index contributed by atoms with van der Waals surface area (Å²) >= 11 is 0. The second-order valence-corrected chi connectivity index (χ2v) is 3.61. The molecule has 0 spiro atoms. The number of phenolic OH excluding ortho intramolecular Hbond substituents is 1. The Hall–Kier alpha value is -1.97. The fourth-order valence-electron chi connectivity index (χ4n) is 1.36. The third-order valence-corrected chi connectivity index (χ3v) is 2.20. The van der Waals surface area contributed by atoms with Crippen LogP contribution in [-0.4, -0.2) is 24.7 Å². The van der Waals surface area contributed by atoms with E-state index in [2.05, 4.69) is 5.32 Å². The first kappa shape index (κ1) is 13.1. The molecule has 0 fully saturated rings. The van der Waals surface area contributed by atoms with Crippen LogP contribution in [0.2, 0.25) is 0 Å². The minimum absolute atomic E-state index is 0.0273. The summed E-state index contributed by atoms with van der Waals surface area (Å²) in [6, 6.07) is 5.20. The molecule has 0 radical (unpaired) electrons. The van der Waals surface area contributed by atoms with Crippen molar-refractivity contribution in [1.29, 1.82) is 0 Å². The fourth-order valence-corrected chi connectivity index (χ4v) is 1.36. The predicted molar refractivity (Wildman–Crippen MR) is 67.0 cm³/mol. The Labute approximate surface area is 101 Å². The van der Waals surface area contributed by atoms with Crippen molar-refractivity contribution in [1.82, 2.24) is 5.32 Å². The van der Waals surface area contributed by atoms with Crippen molar-refractivity contribution in [2.75, 3.05) is 13.7 Å². The van der Waals surface area contributed by atoms with Gasteiger partial charge in [-0.1, -0.05) is 18.2 Å². The van der Waals surface area contributed by atoms with Gasteiger partial charge in [0.1, 0.15) is 0 Å². The van der Waals surface area contributed by atoms with Crippen molar-refractivity contribution >= 4 is 12.0 Å². The molecule has 0 aliphatic carbocycles. The number of amides is 1. The number of carbonyl (C=O) groups is 1. The fraction of sp³-hybridized carbons (Fsp3) is 0.308. The quantitative estimate of drug-likeness (QED) is 0.767. The largest absolute Gasteiger partial charge is 0.504 e. The standard InChI is InChI=1S/C13H17NO3/c1-10(15)14-8-4-3-5-11-6-7-13(17-2)12(16)9-11/h3,5-7,9,16H,4,8H2,1-2H3,(H,14,15). The molecule has 2 N–H and O–H groups in total. The highest BCUT2D eigenvalue weighted by Crippen LogP contribution is 2.26. The molecule has 1 amide bonds. The zero-order valence-corrected chi connectivity index (χ0v) is 10.1. The minimum Gasteiger partial charge on any atom is -0.504 e. The van der Waals surface area contributed by atoms with Crippen molar-refractivity contribution in [3.63, 3.8) is 0 Å².